The molecular formula is C15H28O11S2. The first-order valence-corrected chi connectivity index (χ1v) is 11.6. The van der Waals surface area contributed by atoms with E-state index >= 15 is 0 Å². The molecule has 0 fully saturated rings. The molecule has 0 bridgehead atoms. The molecule has 0 spiro atoms. The maximum Gasteiger partial charge on any atom is 0.338 e. The molecule has 1 unspecified atom stereocenters. The van der Waals surface area contributed by atoms with E-state index in [4.69, 9.17) is 18.2 Å². The lowest BCUT2D eigenvalue weighted by Gasteiger charge is -2.29. The van der Waals surface area contributed by atoms with Gasteiger partial charge in [0, 0.05) is 12.3 Å². The van der Waals surface area contributed by atoms with Crippen molar-refractivity contribution in [1.82, 2.24) is 0 Å². The van der Waals surface area contributed by atoms with Crippen LogP contribution in [0.4, 0.5) is 0 Å². The van der Waals surface area contributed by atoms with Crippen molar-refractivity contribution < 1.29 is 49.7 Å². The zero-order chi connectivity index (χ0) is 22.3. The summed E-state index contributed by atoms with van der Waals surface area (Å²) < 4.78 is 67.7. The first-order valence-electron chi connectivity index (χ1n) is 8.38. The van der Waals surface area contributed by atoms with Gasteiger partial charge in [0.25, 0.3) is 20.2 Å². The normalized spacial score (nSPS) is 15.1. The molecule has 0 saturated heterocycles. The van der Waals surface area contributed by atoms with Crippen LogP contribution in [-0.4, -0.2) is 68.9 Å². The van der Waals surface area contributed by atoms with Gasteiger partial charge in [-0.15, -0.1) is 0 Å². The van der Waals surface area contributed by atoms with Gasteiger partial charge in [0.15, 0.2) is 6.10 Å². The van der Waals surface area contributed by atoms with Crippen LogP contribution in [-0.2, 0) is 43.5 Å². The molecular weight excluding hydrogens is 420 g/mol. The van der Waals surface area contributed by atoms with Crippen molar-refractivity contribution in [1.29, 1.82) is 0 Å². The van der Waals surface area contributed by atoms with Crippen LogP contribution in [0.5, 0.6) is 0 Å². The molecule has 0 saturated carbocycles. The number of hydrogen-bond donors (Lipinski definition) is 2. The van der Waals surface area contributed by atoms with E-state index in [0.29, 0.717) is 0 Å². The first-order chi connectivity index (χ1) is 12.5. The third-order valence-corrected chi connectivity index (χ3v) is 5.48. The van der Waals surface area contributed by atoms with E-state index in [9.17, 15) is 31.5 Å². The third kappa shape index (κ3) is 10.9. The molecule has 13 heteroatoms. The van der Waals surface area contributed by atoms with Crippen molar-refractivity contribution in [2.45, 2.75) is 53.4 Å². The number of aliphatic hydroxyl groups is 1. The molecule has 0 radical (unpaired) electrons. The van der Waals surface area contributed by atoms with Gasteiger partial charge < -0.3 is 14.6 Å². The second-order valence-corrected chi connectivity index (χ2v) is 10.5. The van der Waals surface area contributed by atoms with Crippen LogP contribution in [0.15, 0.2) is 0 Å². The number of hydrogen-bond acceptors (Lipinski definition) is 10. The highest BCUT2D eigenvalue weighted by molar-refractivity contribution is 7.87. The monoisotopic (exact) mass is 448 g/mol. The minimum atomic E-state index is -4.30. The summed E-state index contributed by atoms with van der Waals surface area (Å²) >= 11 is 0. The topological polar surface area (TPSA) is 171 Å². The van der Waals surface area contributed by atoms with Crippen LogP contribution in [0, 0.1) is 11.3 Å². The summed E-state index contributed by atoms with van der Waals surface area (Å²) in [6.07, 6.45) is -3.43. The summed E-state index contributed by atoms with van der Waals surface area (Å²) in [5, 5.41) is 10.1. The van der Waals surface area contributed by atoms with Crippen LogP contribution < -0.4 is 0 Å². The van der Waals surface area contributed by atoms with Gasteiger partial charge >= 0.3 is 11.9 Å². The fourth-order valence-corrected chi connectivity index (χ4v) is 3.46. The lowest BCUT2D eigenvalue weighted by atomic mass is 9.88. The second kappa shape index (κ2) is 10.5. The van der Waals surface area contributed by atoms with Gasteiger partial charge in [0.1, 0.15) is 0 Å². The van der Waals surface area contributed by atoms with Gasteiger partial charge in [-0.05, 0) is 6.42 Å². The van der Waals surface area contributed by atoms with E-state index in [-0.39, 0.29) is 6.42 Å². The maximum absolute atomic E-state index is 12.0. The molecule has 2 N–H and O–H groups in total. The smallest absolute Gasteiger partial charge is 0.338 e. The van der Waals surface area contributed by atoms with Crippen LogP contribution in [0.1, 0.15) is 41.0 Å². The Hall–Kier alpha value is -1.28. The second-order valence-electron chi connectivity index (χ2n) is 7.15. The van der Waals surface area contributed by atoms with Gasteiger partial charge in [-0.2, -0.15) is 16.8 Å². The highest BCUT2D eigenvalue weighted by Crippen LogP contribution is 2.24. The molecule has 0 aromatic carbocycles. The number of rotatable bonds is 12. The van der Waals surface area contributed by atoms with E-state index in [1.54, 1.807) is 13.8 Å². The van der Waals surface area contributed by atoms with Crippen molar-refractivity contribution in [2.24, 2.45) is 11.3 Å². The largest absolute Gasteiger partial charge is 0.425 e. The summed E-state index contributed by atoms with van der Waals surface area (Å²) in [6, 6.07) is 0. The summed E-state index contributed by atoms with van der Waals surface area (Å²) in [5.74, 6) is -3.61. The van der Waals surface area contributed by atoms with Crippen molar-refractivity contribution >= 4 is 32.2 Å². The lowest BCUT2D eigenvalue weighted by Crippen LogP contribution is -2.43. The van der Waals surface area contributed by atoms with Gasteiger partial charge in [0.05, 0.1) is 24.0 Å². The maximum atomic E-state index is 12.0. The number of carbonyl (C=O) groups excluding carboxylic acids is 2. The molecule has 0 aromatic rings. The molecule has 0 rings (SSSR count). The molecule has 166 valence electrons. The highest BCUT2D eigenvalue weighted by Gasteiger charge is 2.37. The van der Waals surface area contributed by atoms with Crippen molar-refractivity contribution in [3.05, 3.63) is 0 Å². The fourth-order valence-electron chi connectivity index (χ4n) is 1.67. The van der Waals surface area contributed by atoms with Crippen molar-refractivity contribution in [2.75, 3.05) is 18.1 Å². The SMILES string of the molecule is CC(OC(=O)C(C)C)OC(=O)[C@@H](O)C(C)(C)COS(=O)(=O)CCCS(=O)(=O)O. The molecule has 0 heterocycles. The number of aliphatic hydroxyl groups excluding tert-OH is 1. The molecule has 0 aliphatic heterocycles. The number of carbonyl (C=O) groups is 2. The summed E-state index contributed by atoms with van der Waals surface area (Å²) in [7, 11) is -8.45. The number of esters is 2. The average Bonchev–Trinajstić information content (AvgIpc) is 2.50. The Balaban J connectivity index is 4.69. The zero-order valence-electron chi connectivity index (χ0n) is 16.4. The Morgan fingerprint density at radius 3 is 1.93 bits per heavy atom. The Morgan fingerprint density at radius 2 is 1.46 bits per heavy atom. The lowest BCUT2D eigenvalue weighted by molar-refractivity contribution is -0.196. The van der Waals surface area contributed by atoms with Gasteiger partial charge in [-0.3, -0.25) is 13.5 Å². The fraction of sp³-hybridized carbons (Fsp3) is 0.867. The van der Waals surface area contributed by atoms with Gasteiger partial charge in [0.2, 0.25) is 6.29 Å². The van der Waals surface area contributed by atoms with E-state index < -0.39 is 74.0 Å². The Labute approximate surface area is 165 Å². The minimum absolute atomic E-state index is 0.384. The molecule has 0 aliphatic carbocycles. The number of ether oxygens (including phenoxy) is 2. The molecule has 11 nitrogen and oxygen atoms in total. The molecule has 2 atom stereocenters. The van der Waals surface area contributed by atoms with Gasteiger partial charge in [-0.25, -0.2) is 4.79 Å². The standard InChI is InChI=1S/C15H28O11S2/c1-10(2)13(17)25-11(3)26-14(18)12(16)15(4,5)9-24-28(22,23)8-6-7-27(19,20)21/h10-12,16H,6-9H2,1-5H3,(H,19,20,21)/t11?,12-/m1/s1. The van der Waals surface area contributed by atoms with Gasteiger partial charge in [-0.1, -0.05) is 27.7 Å². The molecule has 0 aromatic heterocycles. The third-order valence-electron chi connectivity index (χ3n) is 3.41. The van der Waals surface area contributed by atoms with Crippen molar-refractivity contribution in [3.8, 4) is 0 Å². The molecule has 0 amide bonds. The van der Waals surface area contributed by atoms with Crippen molar-refractivity contribution in [3.63, 3.8) is 0 Å². The van der Waals surface area contributed by atoms with E-state index in [0.717, 1.165) is 0 Å². The zero-order valence-corrected chi connectivity index (χ0v) is 18.1. The minimum Gasteiger partial charge on any atom is -0.425 e. The molecule has 0 aliphatic rings. The predicted octanol–water partition coefficient (Wildman–Crippen LogP) is 0.0862. The average molecular weight is 449 g/mol. The van der Waals surface area contributed by atoms with Crippen LogP contribution >= 0.6 is 0 Å². The summed E-state index contributed by atoms with van der Waals surface area (Å²) in [5.41, 5.74) is -1.39. The Kier molecular flexibility index (Phi) is 10.0. The van der Waals surface area contributed by atoms with E-state index in [1.165, 1.54) is 20.8 Å². The van der Waals surface area contributed by atoms with E-state index in [2.05, 4.69) is 0 Å². The Bertz CT molecular complexity index is 738. The molecule has 28 heavy (non-hydrogen) atoms. The summed E-state index contributed by atoms with van der Waals surface area (Å²) in [4.78, 5) is 23.4. The van der Waals surface area contributed by atoms with Crippen LogP contribution in [0.3, 0.4) is 0 Å². The van der Waals surface area contributed by atoms with Crippen LogP contribution in [0.25, 0.3) is 0 Å². The highest BCUT2D eigenvalue weighted by atomic mass is 32.2. The van der Waals surface area contributed by atoms with Crippen LogP contribution in [0.2, 0.25) is 0 Å². The van der Waals surface area contributed by atoms with E-state index in [1.807, 2.05) is 0 Å². The predicted molar refractivity (Wildman–Crippen MR) is 97.0 cm³/mol. The summed E-state index contributed by atoms with van der Waals surface area (Å²) in [6.45, 7) is 6.55. The Morgan fingerprint density at radius 1 is 0.964 bits per heavy atom. The first kappa shape index (κ1) is 26.7. The quantitative estimate of drug-likeness (QED) is 0.179.